The fourth-order valence-corrected chi connectivity index (χ4v) is 3.92. The standard InChI is InChI=1S/4C9H6O6.4C3H7NO.12C2H4O2.3Cd.6H2O.2Sm/c4*10-7(11)4-1-5(8(12)13)3-6(2-4)9(14)15;4*1-4(2)3-5;12*1-2(3)4;;;;;;;;;;;/h4*1-3H,(H,10,11)(H,12,13)(H,14,15);4*3H,1-2H3;12*1H3,(H,3,4);;;;6*1H2;;/q;;;;;;;;;;;;;;;;;;;;;;+2;;;;;;;;/p-12. The Balaban J connectivity index is -0.0000000390. The Hall–Kier alpha value is -12.8. The summed E-state index contributed by atoms with van der Waals surface area (Å²) >= 11 is 0. The van der Waals surface area contributed by atoms with Gasteiger partial charge in [0.2, 0.25) is 25.6 Å². The van der Waals surface area contributed by atoms with Gasteiger partial charge in [0.25, 0.3) is 71.6 Å². The summed E-state index contributed by atoms with van der Waals surface area (Å²) in [7, 11) is 13.5. The van der Waals surface area contributed by atoms with Crippen LogP contribution < -0.4 is 61.3 Å². The van der Waals surface area contributed by atoms with Crippen LogP contribution in [0.25, 0.3) is 0 Å². The molecule has 784 valence electrons. The van der Waals surface area contributed by atoms with Gasteiger partial charge in [-0.05, 0) is 140 Å². The van der Waals surface area contributed by atoms with Crippen molar-refractivity contribution in [2.45, 2.75) is 83.1 Å². The molecule has 67 heteroatoms. The van der Waals surface area contributed by atoms with Crippen LogP contribution in [0.1, 0.15) is 207 Å². The molecule has 0 saturated heterocycles. The Labute approximate surface area is 911 Å². The molecule has 0 aliphatic rings. The van der Waals surface area contributed by atoms with Crippen molar-refractivity contribution >= 4 is 169 Å². The number of hydrogen-bond donors (Lipinski definition) is 12. The van der Waals surface area contributed by atoms with Crippen molar-refractivity contribution in [1.29, 1.82) is 0 Å². The molecule has 0 atom stereocenters. The van der Waals surface area contributed by atoms with Gasteiger partial charge in [-0.25, -0.2) is 0 Å². The summed E-state index contributed by atoms with van der Waals surface area (Å²) < 4.78 is 0. The summed E-state index contributed by atoms with van der Waals surface area (Å²) in [6, 6.07) is 8.97. The smallest absolute Gasteiger partial charge is 0.545 e. The molecule has 4 aromatic carbocycles. The topological polar surface area (TPSA) is 1200 Å². The summed E-state index contributed by atoms with van der Waals surface area (Å²) in [5, 5.41) is 214. The third kappa shape index (κ3) is 228. The van der Waals surface area contributed by atoms with Crippen LogP contribution in [0.15, 0.2) is 72.8 Å². The second-order valence-corrected chi connectivity index (χ2v) is 21.1. The van der Waals surface area contributed by atoms with Crippen molar-refractivity contribution in [3.05, 3.63) is 140 Å². The van der Waals surface area contributed by atoms with Gasteiger partial charge in [-0.1, -0.05) is 0 Å². The Kier molecular flexibility index (Phi) is 184. The van der Waals surface area contributed by atoms with Crippen molar-refractivity contribution in [1.82, 2.24) is 19.6 Å². The molecule has 0 bridgehead atoms. The molecule has 4 rings (SSSR count). The van der Waals surface area contributed by atoms with Crippen molar-refractivity contribution in [3.8, 4) is 0 Å². The second kappa shape index (κ2) is 127. The summed E-state index contributed by atoms with van der Waals surface area (Å²) in [6.45, 7) is 13.0. The molecule has 0 unspecified atom stereocenters. The maximum atomic E-state index is 10.4. The fourth-order valence-electron chi connectivity index (χ4n) is 3.92. The molecule has 62 nitrogen and oxygen atoms in total. The summed E-state index contributed by atoms with van der Waals surface area (Å²) in [5.74, 6) is -30.2. The normalized spacial score (nSPS) is 7.28. The third-order valence-corrected chi connectivity index (χ3v) is 7.40. The molecule has 139 heavy (non-hydrogen) atoms. The van der Waals surface area contributed by atoms with Gasteiger partial charge in [-0.2, -0.15) is 0 Å². The first-order chi connectivity index (χ1) is 57.5. The van der Waals surface area contributed by atoms with E-state index >= 15 is 0 Å². The number of aromatic carboxylic acids is 12. The second-order valence-electron chi connectivity index (χ2n) is 21.1. The zero-order valence-electron chi connectivity index (χ0n) is 76.7. The number of carbonyl (C=O) groups is 28. The molecule has 0 fully saturated rings. The number of aliphatic carboxylic acids is 12. The van der Waals surface area contributed by atoms with Crippen LogP contribution in [-0.4, -0.2) is 339 Å². The fraction of sp³-hybridized carbons (Fsp3) is 0.278. The van der Waals surface area contributed by atoms with Crippen molar-refractivity contribution in [3.63, 3.8) is 0 Å². The van der Waals surface area contributed by atoms with Crippen molar-refractivity contribution in [2.75, 3.05) is 56.4 Å². The quantitative estimate of drug-likeness (QED) is 0.0366. The van der Waals surface area contributed by atoms with Gasteiger partial charge in [0.05, 0.1) is 71.6 Å². The predicted molar refractivity (Wildman–Crippen MR) is 418 cm³/mol. The van der Waals surface area contributed by atoms with E-state index in [0.717, 1.165) is 182 Å². The number of carboxylic acids is 24. The van der Waals surface area contributed by atoms with E-state index in [1.165, 1.54) is 19.6 Å². The van der Waals surface area contributed by atoms with Crippen LogP contribution in [0, 0.1) is 80.8 Å². The van der Waals surface area contributed by atoms with Crippen LogP contribution in [0.4, 0.5) is 0 Å². The number of hydrogen-bond acceptors (Lipinski definition) is 40. The molecule has 0 aromatic heterocycles. The zero-order chi connectivity index (χ0) is 106. The molecular weight excluding hydrogens is 2490 g/mol. The first kappa shape index (κ1) is 201. The molecule has 24 N–H and O–H groups in total. The van der Waals surface area contributed by atoms with E-state index in [9.17, 15) is 138 Å². The molecule has 4 aromatic rings. The van der Waals surface area contributed by atoms with E-state index in [2.05, 4.69) is 0 Å². The van der Waals surface area contributed by atoms with Gasteiger partial charge in [-0.3, -0.25) is 76.7 Å². The first-order valence-electron chi connectivity index (χ1n) is 31.5. The van der Waals surface area contributed by atoms with Crippen LogP contribution in [-0.2, 0) is 159 Å². The monoisotopic (exact) mass is 2590 g/mol. The largest absolute Gasteiger partial charge is 2.00 e. The van der Waals surface area contributed by atoms with E-state index in [1.54, 1.807) is 56.4 Å². The van der Waals surface area contributed by atoms with Gasteiger partial charge >= 0.3 is 27.3 Å². The molecule has 0 heterocycles. The van der Waals surface area contributed by atoms with Gasteiger partial charge in [0, 0.05) is 275 Å². The van der Waals surface area contributed by atoms with Crippen LogP contribution in [0.3, 0.4) is 0 Å². The van der Waals surface area contributed by atoms with E-state index in [1.807, 2.05) is 0 Å². The van der Waals surface area contributed by atoms with Crippen LogP contribution >= 0.6 is 0 Å². The number of rotatable bonds is 16. The van der Waals surface area contributed by atoms with Gasteiger partial charge in [-0.15, -0.1) is 0 Å². The van der Waals surface area contributed by atoms with Crippen molar-refractivity contribution < 1.29 is 452 Å². The third-order valence-electron chi connectivity index (χ3n) is 7.40. The number of amides is 4. The molecule has 4 amide bonds. The molecule has 0 spiro atoms. The van der Waals surface area contributed by atoms with Gasteiger partial charge < -0.3 is 233 Å². The van der Waals surface area contributed by atoms with E-state index in [0.29, 0.717) is 0 Å². The molecule has 0 aliphatic heterocycles. The van der Waals surface area contributed by atoms with E-state index in [-0.39, 0.29) is 196 Å². The van der Waals surface area contributed by atoms with E-state index in [4.69, 9.17) is 119 Å². The van der Waals surface area contributed by atoms with Crippen LogP contribution in [0.5, 0.6) is 0 Å². The first-order valence-corrected chi connectivity index (χ1v) is 31.5. The Morgan fingerprint density at radius 1 is 0.180 bits per heavy atom. The average molecular weight is 2590 g/mol. The SMILES string of the molecule is CC(=O)O.CC(=O)O.CC(=O)O.CC(=O)O.CC(=O)O.CC(=O)O.CC(=O)O.CC(=O)O.CC(=O)O.CC(=O)O.CC(=O)O.CC(=O)O.CN(C)C=O.CN(C)C=O.CN(C)C=O.CN(C)C=O.O.O.O.O.O.O.O=C([O-])c1cc(C(=O)[O-])cc(C(=O)[O-])c1.O=C([O-])c1cc(C(=O)[O-])cc(C(=O)[O-])c1.O=C([O-])c1cc(C(=O)[O-])cc(C(=O)[O-])c1.O=C([O-])c1cc(C(=O)[O-])cc(C(=O)[O-])c1.[Cd+2].[Cd].[Cd].[Sm].[Sm]. The minimum Gasteiger partial charge on any atom is -0.545 e. The number of nitrogens with zero attached hydrogens (tertiary/aromatic N) is 4. The number of carboxylic acid groups (broad SMARTS) is 24. The number of benzene rings is 4. The minimum absolute atomic E-state index is 0. The van der Waals surface area contributed by atoms with E-state index < -0.39 is 210 Å². The van der Waals surface area contributed by atoms with Gasteiger partial charge in [0.15, 0.2) is 0 Å². The van der Waals surface area contributed by atoms with Gasteiger partial charge in [0.1, 0.15) is 0 Å². The van der Waals surface area contributed by atoms with Crippen molar-refractivity contribution in [2.24, 2.45) is 0 Å². The molecule has 0 saturated carbocycles. The Morgan fingerprint density at radius 2 is 0.209 bits per heavy atom. The predicted octanol–water partition coefficient (Wildman–Crippen LogP) is -17.9. The number of carbonyl (C=O) groups excluding carboxylic acids is 16. The Morgan fingerprint density at radius 3 is 0.223 bits per heavy atom. The molecule has 0 aliphatic carbocycles. The van der Waals surface area contributed by atoms with Crippen LogP contribution in [0.2, 0.25) is 0 Å². The maximum absolute atomic E-state index is 10.4. The summed E-state index contributed by atoms with van der Waals surface area (Å²) in [6.07, 6.45) is 3.00. The maximum Gasteiger partial charge on any atom is 2.00 e. The summed E-state index contributed by atoms with van der Waals surface area (Å²) in [5.41, 5.74) is -6.71. The minimum atomic E-state index is -1.68. The molecular formula is C72H100Cd3N4O58Sm2-10. The molecule has 0 radical (unpaired) electrons. The summed E-state index contributed by atoms with van der Waals surface area (Å²) in [4.78, 5) is 276. The average Bonchev–Trinajstić information content (AvgIpc) is 0.860. The zero-order valence-corrected chi connectivity index (χ0v) is 94.0. The Bertz CT molecular complexity index is 3300.